The second kappa shape index (κ2) is 6.09. The lowest BCUT2D eigenvalue weighted by Crippen LogP contribution is -2.18. The van der Waals surface area contributed by atoms with E-state index in [-0.39, 0.29) is 11.5 Å². The number of allylic oxidation sites excluding steroid dienone is 1. The van der Waals surface area contributed by atoms with Gasteiger partial charge in [-0.15, -0.1) is 6.58 Å². The molecule has 0 amide bonds. The second-order valence-electron chi connectivity index (χ2n) is 4.11. The fourth-order valence-corrected chi connectivity index (χ4v) is 1.66. The minimum Gasteiger partial charge on any atom is -0.507 e. The Bertz CT molecular complexity index is 413. The van der Waals surface area contributed by atoms with E-state index in [1.54, 1.807) is 12.1 Å². The zero-order chi connectivity index (χ0) is 12.8. The zero-order valence-electron chi connectivity index (χ0n) is 10.4. The average molecular weight is 233 g/mol. The number of hydrogen-bond donors (Lipinski definition) is 1. The van der Waals surface area contributed by atoms with Crippen molar-refractivity contribution in [2.75, 3.05) is 18.5 Å². The van der Waals surface area contributed by atoms with Gasteiger partial charge in [0.1, 0.15) is 5.75 Å². The Labute approximate surface area is 102 Å². The molecule has 3 nitrogen and oxygen atoms in total. The molecule has 0 saturated carbocycles. The third-order valence-corrected chi connectivity index (χ3v) is 2.70. The fraction of sp³-hybridized carbons (Fsp3) is 0.357. The first-order valence-electron chi connectivity index (χ1n) is 5.72. The molecule has 0 bridgehead atoms. The Hall–Kier alpha value is -1.77. The first-order valence-corrected chi connectivity index (χ1v) is 5.72. The van der Waals surface area contributed by atoms with E-state index in [2.05, 4.69) is 6.58 Å². The SMILES string of the molecule is C=CCCCN(C)c1ccc(C(C)=O)c(O)c1. The molecule has 3 heteroatoms. The van der Waals surface area contributed by atoms with Gasteiger partial charge in [0.05, 0.1) is 5.56 Å². The maximum atomic E-state index is 11.2. The first-order chi connectivity index (χ1) is 8.06. The summed E-state index contributed by atoms with van der Waals surface area (Å²) >= 11 is 0. The number of hydrogen-bond acceptors (Lipinski definition) is 3. The van der Waals surface area contributed by atoms with Gasteiger partial charge in [-0.1, -0.05) is 6.08 Å². The summed E-state index contributed by atoms with van der Waals surface area (Å²) in [6, 6.07) is 5.14. The number of phenolic OH excluding ortho intramolecular Hbond substituents is 1. The monoisotopic (exact) mass is 233 g/mol. The highest BCUT2D eigenvalue weighted by Gasteiger charge is 2.08. The van der Waals surface area contributed by atoms with Crippen molar-refractivity contribution >= 4 is 11.5 Å². The van der Waals surface area contributed by atoms with Crippen molar-refractivity contribution in [1.82, 2.24) is 0 Å². The number of unbranched alkanes of at least 4 members (excludes halogenated alkanes) is 1. The third-order valence-electron chi connectivity index (χ3n) is 2.70. The van der Waals surface area contributed by atoms with Gasteiger partial charge in [-0.2, -0.15) is 0 Å². The van der Waals surface area contributed by atoms with Crippen LogP contribution in [0.1, 0.15) is 30.1 Å². The second-order valence-corrected chi connectivity index (χ2v) is 4.11. The summed E-state index contributed by atoms with van der Waals surface area (Å²) in [5.41, 5.74) is 1.28. The Balaban J connectivity index is 2.75. The van der Waals surface area contributed by atoms with Crippen LogP contribution in [0.25, 0.3) is 0 Å². The predicted molar refractivity (Wildman–Crippen MR) is 70.8 cm³/mol. The highest BCUT2D eigenvalue weighted by Crippen LogP contribution is 2.24. The molecule has 1 N–H and O–H groups in total. The Morgan fingerprint density at radius 1 is 1.53 bits per heavy atom. The van der Waals surface area contributed by atoms with Gasteiger partial charge in [0, 0.05) is 25.3 Å². The van der Waals surface area contributed by atoms with Gasteiger partial charge in [0.25, 0.3) is 0 Å². The van der Waals surface area contributed by atoms with Gasteiger partial charge in [-0.3, -0.25) is 4.79 Å². The fourth-order valence-electron chi connectivity index (χ4n) is 1.66. The van der Waals surface area contributed by atoms with Gasteiger partial charge in [0.2, 0.25) is 0 Å². The molecular formula is C14H19NO2. The largest absolute Gasteiger partial charge is 0.507 e. The van der Waals surface area contributed by atoms with E-state index in [0.717, 1.165) is 25.1 Å². The molecule has 0 unspecified atom stereocenters. The van der Waals surface area contributed by atoms with Crippen LogP contribution in [0.2, 0.25) is 0 Å². The topological polar surface area (TPSA) is 40.5 Å². The van der Waals surface area contributed by atoms with E-state index >= 15 is 0 Å². The van der Waals surface area contributed by atoms with E-state index < -0.39 is 0 Å². The van der Waals surface area contributed by atoms with Crippen molar-refractivity contribution in [2.24, 2.45) is 0 Å². The van der Waals surface area contributed by atoms with Crippen molar-refractivity contribution in [3.63, 3.8) is 0 Å². The molecular weight excluding hydrogens is 214 g/mol. The summed E-state index contributed by atoms with van der Waals surface area (Å²) in [5.74, 6) is -0.0751. The van der Waals surface area contributed by atoms with Crippen molar-refractivity contribution in [1.29, 1.82) is 0 Å². The Kier molecular flexibility index (Phi) is 4.76. The number of aromatic hydroxyl groups is 1. The van der Waals surface area contributed by atoms with E-state index in [1.807, 2.05) is 24.1 Å². The summed E-state index contributed by atoms with van der Waals surface area (Å²) in [5, 5.41) is 9.72. The molecule has 0 aliphatic rings. The lowest BCUT2D eigenvalue weighted by Gasteiger charge is -2.19. The first kappa shape index (κ1) is 13.3. The summed E-state index contributed by atoms with van der Waals surface area (Å²) < 4.78 is 0. The molecule has 17 heavy (non-hydrogen) atoms. The number of Topliss-reactive ketones (excluding diaryl/α,β-unsaturated/α-hetero) is 1. The molecule has 0 atom stereocenters. The molecule has 0 saturated heterocycles. The Morgan fingerprint density at radius 3 is 2.76 bits per heavy atom. The van der Waals surface area contributed by atoms with Gasteiger partial charge >= 0.3 is 0 Å². The van der Waals surface area contributed by atoms with Crippen LogP contribution in [0, 0.1) is 0 Å². The minimum absolute atomic E-state index is 0.0468. The lowest BCUT2D eigenvalue weighted by molar-refractivity contribution is 0.101. The number of carbonyl (C=O) groups excluding carboxylic acids is 1. The quantitative estimate of drug-likeness (QED) is 0.466. The van der Waals surface area contributed by atoms with Crippen molar-refractivity contribution in [2.45, 2.75) is 19.8 Å². The number of anilines is 1. The van der Waals surface area contributed by atoms with Crippen molar-refractivity contribution in [3.05, 3.63) is 36.4 Å². The standard InChI is InChI=1S/C14H19NO2/c1-4-5-6-9-15(3)12-7-8-13(11(2)16)14(17)10-12/h4,7-8,10,17H,1,5-6,9H2,2-3H3. The normalized spacial score (nSPS) is 10.0. The molecule has 1 rings (SSSR count). The van der Waals surface area contributed by atoms with E-state index in [0.29, 0.717) is 5.56 Å². The number of rotatable bonds is 6. The van der Waals surface area contributed by atoms with Crippen LogP contribution in [0.5, 0.6) is 5.75 Å². The van der Waals surface area contributed by atoms with Crippen molar-refractivity contribution < 1.29 is 9.90 Å². The highest BCUT2D eigenvalue weighted by atomic mass is 16.3. The molecule has 92 valence electrons. The van der Waals surface area contributed by atoms with Gasteiger partial charge in [0.15, 0.2) is 5.78 Å². The summed E-state index contributed by atoms with van der Waals surface area (Å²) in [6.45, 7) is 6.02. The Morgan fingerprint density at radius 2 is 2.24 bits per heavy atom. The molecule has 0 spiro atoms. The number of carbonyl (C=O) groups is 1. The van der Waals surface area contributed by atoms with E-state index in [9.17, 15) is 9.90 Å². The number of phenols is 1. The van der Waals surface area contributed by atoms with Crippen LogP contribution in [-0.4, -0.2) is 24.5 Å². The van der Waals surface area contributed by atoms with E-state index in [1.165, 1.54) is 6.92 Å². The number of ketones is 1. The third kappa shape index (κ3) is 3.63. The van der Waals surface area contributed by atoms with Crippen LogP contribution in [0.4, 0.5) is 5.69 Å². The molecule has 0 radical (unpaired) electrons. The van der Waals surface area contributed by atoms with Crippen LogP contribution in [-0.2, 0) is 0 Å². The van der Waals surface area contributed by atoms with Crippen LogP contribution >= 0.6 is 0 Å². The molecule has 0 aromatic heterocycles. The minimum atomic E-state index is -0.122. The predicted octanol–water partition coefficient (Wildman–Crippen LogP) is 3.00. The summed E-state index contributed by atoms with van der Waals surface area (Å²) in [7, 11) is 1.96. The molecule has 0 heterocycles. The molecule has 0 aliphatic heterocycles. The van der Waals surface area contributed by atoms with Crippen LogP contribution < -0.4 is 4.90 Å². The highest BCUT2D eigenvalue weighted by molar-refractivity contribution is 5.97. The van der Waals surface area contributed by atoms with E-state index in [4.69, 9.17) is 0 Å². The van der Waals surface area contributed by atoms with Gasteiger partial charge in [-0.25, -0.2) is 0 Å². The van der Waals surface area contributed by atoms with Crippen LogP contribution in [0.3, 0.4) is 0 Å². The number of benzene rings is 1. The zero-order valence-corrected chi connectivity index (χ0v) is 10.4. The molecule has 1 aromatic carbocycles. The van der Waals surface area contributed by atoms with Crippen molar-refractivity contribution in [3.8, 4) is 5.75 Å². The molecule has 0 aliphatic carbocycles. The number of nitrogens with zero attached hydrogens (tertiary/aromatic N) is 1. The summed E-state index contributed by atoms with van der Waals surface area (Å²) in [4.78, 5) is 13.2. The maximum absolute atomic E-state index is 11.2. The lowest BCUT2D eigenvalue weighted by atomic mass is 10.1. The maximum Gasteiger partial charge on any atom is 0.163 e. The average Bonchev–Trinajstić information content (AvgIpc) is 2.28. The summed E-state index contributed by atoms with van der Waals surface area (Å²) in [6.07, 6.45) is 3.89. The molecule has 0 fully saturated rings. The smallest absolute Gasteiger partial charge is 0.163 e. The van der Waals surface area contributed by atoms with Crippen LogP contribution in [0.15, 0.2) is 30.9 Å². The molecule has 1 aromatic rings. The van der Waals surface area contributed by atoms with Gasteiger partial charge < -0.3 is 10.0 Å². The van der Waals surface area contributed by atoms with Gasteiger partial charge in [-0.05, 0) is 31.9 Å².